The molecule has 3 rings (SSSR count). The summed E-state index contributed by atoms with van der Waals surface area (Å²) >= 11 is 1.79. The molecule has 2 heterocycles. The second kappa shape index (κ2) is 5.46. The molecule has 0 radical (unpaired) electrons. The van der Waals surface area contributed by atoms with E-state index in [-0.39, 0.29) is 0 Å². The molecule has 1 unspecified atom stereocenters. The first kappa shape index (κ1) is 11.6. The van der Waals surface area contributed by atoms with E-state index in [2.05, 4.69) is 20.6 Å². The van der Waals surface area contributed by atoms with Crippen molar-refractivity contribution >= 4 is 11.3 Å². The lowest BCUT2D eigenvalue weighted by Crippen LogP contribution is -2.44. The lowest BCUT2D eigenvalue weighted by atomic mass is 10.0. The van der Waals surface area contributed by atoms with E-state index in [0.717, 1.165) is 12.6 Å². The largest absolute Gasteiger partial charge is 0.313 e. The Morgan fingerprint density at radius 2 is 2.29 bits per heavy atom. The normalized spacial score (nSPS) is 25.4. The number of rotatable bonds is 5. The molecule has 0 amide bonds. The third-order valence-corrected chi connectivity index (χ3v) is 4.52. The van der Waals surface area contributed by atoms with Crippen LogP contribution in [0.15, 0.2) is 11.6 Å². The summed E-state index contributed by atoms with van der Waals surface area (Å²) in [6.45, 7) is 3.48. The van der Waals surface area contributed by atoms with Gasteiger partial charge >= 0.3 is 0 Å². The summed E-state index contributed by atoms with van der Waals surface area (Å²) in [4.78, 5) is 7.06. The minimum atomic E-state index is 0.712. The fraction of sp³-hybridized carbons (Fsp3) is 0.769. The summed E-state index contributed by atoms with van der Waals surface area (Å²) in [7, 11) is 0. The SMILES string of the molecule is c1csc(CN(CC2CCCCN2)C2CC2)n1. The summed E-state index contributed by atoms with van der Waals surface area (Å²) < 4.78 is 0. The van der Waals surface area contributed by atoms with Crippen LogP contribution in [0.1, 0.15) is 37.1 Å². The highest BCUT2D eigenvalue weighted by Crippen LogP contribution is 2.29. The van der Waals surface area contributed by atoms with Crippen LogP contribution in [0, 0.1) is 0 Å². The van der Waals surface area contributed by atoms with Gasteiger partial charge in [-0.05, 0) is 32.2 Å². The maximum absolute atomic E-state index is 4.42. The third kappa shape index (κ3) is 3.27. The van der Waals surface area contributed by atoms with E-state index in [0.29, 0.717) is 6.04 Å². The second-order valence-corrected chi connectivity index (χ2v) is 6.21. The molecule has 1 aromatic heterocycles. The molecule has 0 bridgehead atoms. The van der Waals surface area contributed by atoms with E-state index in [1.54, 1.807) is 11.3 Å². The van der Waals surface area contributed by atoms with E-state index >= 15 is 0 Å². The van der Waals surface area contributed by atoms with Gasteiger partial charge in [0.05, 0.1) is 6.54 Å². The molecule has 1 saturated heterocycles. The predicted molar refractivity (Wildman–Crippen MR) is 71.2 cm³/mol. The summed E-state index contributed by atoms with van der Waals surface area (Å²) in [6, 6.07) is 1.55. The zero-order valence-corrected chi connectivity index (χ0v) is 11.1. The zero-order valence-electron chi connectivity index (χ0n) is 10.3. The topological polar surface area (TPSA) is 28.2 Å². The third-order valence-electron chi connectivity index (χ3n) is 3.75. The van der Waals surface area contributed by atoms with Crippen LogP contribution in [0.25, 0.3) is 0 Å². The van der Waals surface area contributed by atoms with E-state index in [1.165, 1.54) is 50.2 Å². The molecular formula is C13H21N3S. The van der Waals surface area contributed by atoms with Crippen LogP contribution < -0.4 is 5.32 Å². The summed E-state index contributed by atoms with van der Waals surface area (Å²) in [6.07, 6.45) is 8.79. The molecule has 0 spiro atoms. The van der Waals surface area contributed by atoms with Gasteiger partial charge in [-0.3, -0.25) is 4.90 Å². The molecule has 1 saturated carbocycles. The first-order chi connectivity index (χ1) is 8.42. The maximum Gasteiger partial charge on any atom is 0.107 e. The number of hydrogen-bond donors (Lipinski definition) is 1. The van der Waals surface area contributed by atoms with Gasteiger partial charge in [0.15, 0.2) is 0 Å². The molecule has 2 aliphatic rings. The Bertz CT molecular complexity index is 328. The second-order valence-electron chi connectivity index (χ2n) is 5.23. The number of nitrogens with zero attached hydrogens (tertiary/aromatic N) is 2. The first-order valence-corrected chi connectivity index (χ1v) is 7.65. The lowest BCUT2D eigenvalue weighted by molar-refractivity contribution is 0.208. The Kier molecular flexibility index (Phi) is 3.74. The van der Waals surface area contributed by atoms with Crippen LogP contribution >= 0.6 is 11.3 Å². The van der Waals surface area contributed by atoms with Gasteiger partial charge in [0.1, 0.15) is 5.01 Å². The molecule has 2 fully saturated rings. The number of thiazole rings is 1. The van der Waals surface area contributed by atoms with Crippen LogP contribution in [-0.2, 0) is 6.54 Å². The van der Waals surface area contributed by atoms with E-state index in [9.17, 15) is 0 Å². The summed E-state index contributed by atoms with van der Waals surface area (Å²) in [5.74, 6) is 0. The number of aromatic nitrogens is 1. The van der Waals surface area contributed by atoms with Crippen LogP contribution in [0.4, 0.5) is 0 Å². The smallest absolute Gasteiger partial charge is 0.107 e. The number of nitrogens with one attached hydrogen (secondary N) is 1. The minimum absolute atomic E-state index is 0.712. The Morgan fingerprint density at radius 1 is 1.35 bits per heavy atom. The first-order valence-electron chi connectivity index (χ1n) is 6.77. The molecule has 94 valence electrons. The van der Waals surface area contributed by atoms with Crippen molar-refractivity contribution in [3.8, 4) is 0 Å². The fourth-order valence-corrected chi connectivity index (χ4v) is 3.29. The quantitative estimate of drug-likeness (QED) is 0.870. The van der Waals surface area contributed by atoms with Gasteiger partial charge in [0.2, 0.25) is 0 Å². The highest BCUT2D eigenvalue weighted by Gasteiger charge is 2.31. The van der Waals surface area contributed by atoms with Crippen molar-refractivity contribution in [2.24, 2.45) is 0 Å². The van der Waals surface area contributed by atoms with Crippen LogP contribution in [0.5, 0.6) is 0 Å². The molecule has 17 heavy (non-hydrogen) atoms. The summed E-state index contributed by atoms with van der Waals surface area (Å²) in [5.41, 5.74) is 0. The van der Waals surface area contributed by atoms with Gasteiger partial charge in [-0.2, -0.15) is 0 Å². The molecule has 1 aromatic rings. The van der Waals surface area contributed by atoms with Crippen molar-refractivity contribution in [1.82, 2.24) is 15.2 Å². The van der Waals surface area contributed by atoms with Gasteiger partial charge in [0.25, 0.3) is 0 Å². The van der Waals surface area contributed by atoms with Crippen molar-refractivity contribution in [2.75, 3.05) is 13.1 Å². The van der Waals surface area contributed by atoms with Gasteiger partial charge < -0.3 is 5.32 Å². The van der Waals surface area contributed by atoms with Crippen molar-refractivity contribution in [3.05, 3.63) is 16.6 Å². The Labute approximate surface area is 107 Å². The molecule has 4 heteroatoms. The summed E-state index contributed by atoms with van der Waals surface area (Å²) in [5, 5.41) is 7.01. The van der Waals surface area contributed by atoms with Crippen molar-refractivity contribution in [1.29, 1.82) is 0 Å². The molecule has 1 atom stereocenters. The molecule has 1 aliphatic heterocycles. The molecule has 1 N–H and O–H groups in total. The monoisotopic (exact) mass is 251 g/mol. The minimum Gasteiger partial charge on any atom is -0.313 e. The molecule has 1 aliphatic carbocycles. The molecular weight excluding hydrogens is 230 g/mol. The Balaban J connectivity index is 1.56. The zero-order chi connectivity index (χ0) is 11.5. The highest BCUT2D eigenvalue weighted by molar-refractivity contribution is 7.09. The molecule has 0 aromatic carbocycles. The van der Waals surface area contributed by atoms with Crippen LogP contribution in [0.2, 0.25) is 0 Å². The average Bonchev–Trinajstić information content (AvgIpc) is 3.09. The van der Waals surface area contributed by atoms with E-state index in [4.69, 9.17) is 0 Å². The lowest BCUT2D eigenvalue weighted by Gasteiger charge is -2.30. The van der Waals surface area contributed by atoms with Gasteiger partial charge in [-0.15, -0.1) is 11.3 Å². The van der Waals surface area contributed by atoms with E-state index < -0.39 is 0 Å². The van der Waals surface area contributed by atoms with Crippen molar-refractivity contribution < 1.29 is 0 Å². The van der Waals surface area contributed by atoms with Crippen molar-refractivity contribution in [2.45, 2.75) is 50.7 Å². The van der Waals surface area contributed by atoms with Crippen molar-refractivity contribution in [3.63, 3.8) is 0 Å². The maximum atomic E-state index is 4.42. The van der Waals surface area contributed by atoms with E-state index in [1.807, 2.05) is 6.20 Å². The predicted octanol–water partition coefficient (Wildman–Crippen LogP) is 2.25. The van der Waals surface area contributed by atoms with Gasteiger partial charge in [0, 0.05) is 30.2 Å². The van der Waals surface area contributed by atoms with Crippen LogP contribution in [-0.4, -0.2) is 35.1 Å². The van der Waals surface area contributed by atoms with Gasteiger partial charge in [-0.1, -0.05) is 6.42 Å². The number of hydrogen-bond acceptors (Lipinski definition) is 4. The Morgan fingerprint density at radius 3 is 2.94 bits per heavy atom. The van der Waals surface area contributed by atoms with Gasteiger partial charge in [-0.25, -0.2) is 4.98 Å². The highest BCUT2D eigenvalue weighted by atomic mass is 32.1. The molecule has 3 nitrogen and oxygen atoms in total. The number of piperidine rings is 1. The Hall–Kier alpha value is -0.450. The fourth-order valence-electron chi connectivity index (χ4n) is 2.65. The average molecular weight is 251 g/mol. The standard InChI is InChI=1S/C13H21N3S/c1-2-6-14-11(3-1)9-16(12-4-5-12)10-13-15-7-8-17-13/h7-8,11-12,14H,1-6,9-10H2. The van der Waals surface area contributed by atoms with Crippen LogP contribution in [0.3, 0.4) is 0 Å².